The molecule has 1 unspecified atom stereocenters. The van der Waals surface area contributed by atoms with Crippen LogP contribution in [0.4, 0.5) is 0 Å². The molecule has 2 N–H and O–H groups in total. The van der Waals surface area contributed by atoms with Gasteiger partial charge in [-0.25, -0.2) is 0 Å². The zero-order valence-electron chi connectivity index (χ0n) is 9.76. The Morgan fingerprint density at radius 3 is 1.46 bits per heavy atom. The average Bonchev–Trinajstić information content (AvgIpc) is 1.82. The number of aliphatic hydroxyl groups is 2. The van der Waals surface area contributed by atoms with E-state index in [1.54, 1.807) is 0 Å². The summed E-state index contributed by atoms with van der Waals surface area (Å²) in [7, 11) is 0. The fourth-order valence-corrected chi connectivity index (χ4v) is 1.65. The molecular weight excluding hydrogens is 164 g/mol. The molecular formula is C11H24O2. The molecule has 80 valence electrons. The van der Waals surface area contributed by atoms with E-state index in [1.807, 2.05) is 6.92 Å². The Balaban J connectivity index is 4.74. The molecule has 0 aliphatic carbocycles. The Morgan fingerprint density at radius 2 is 1.38 bits per heavy atom. The van der Waals surface area contributed by atoms with E-state index in [0.29, 0.717) is 5.92 Å². The van der Waals surface area contributed by atoms with Crippen molar-refractivity contribution in [3.63, 3.8) is 0 Å². The Labute approximate surface area is 82.0 Å². The molecule has 0 fully saturated rings. The summed E-state index contributed by atoms with van der Waals surface area (Å²) in [4.78, 5) is 0. The first-order valence-corrected chi connectivity index (χ1v) is 4.97. The number of hydrogen-bond acceptors (Lipinski definition) is 2. The normalized spacial score (nSPS) is 18.0. The van der Waals surface area contributed by atoms with Gasteiger partial charge < -0.3 is 10.2 Å². The van der Waals surface area contributed by atoms with E-state index >= 15 is 0 Å². The fraction of sp³-hybridized carbons (Fsp3) is 1.00. The van der Waals surface area contributed by atoms with E-state index in [0.717, 1.165) is 6.42 Å². The van der Waals surface area contributed by atoms with Crippen molar-refractivity contribution in [1.29, 1.82) is 0 Å². The lowest BCUT2D eigenvalue weighted by atomic mass is 9.63. The highest BCUT2D eigenvalue weighted by Gasteiger charge is 2.43. The predicted octanol–water partition coefficient (Wildman–Crippen LogP) is 2.40. The summed E-state index contributed by atoms with van der Waals surface area (Å²) in [6, 6.07) is 0. The van der Waals surface area contributed by atoms with Crippen LogP contribution in [0.2, 0.25) is 0 Å². The molecule has 0 aromatic rings. The van der Waals surface area contributed by atoms with E-state index in [9.17, 15) is 10.2 Å². The van der Waals surface area contributed by atoms with Crippen LogP contribution in [-0.4, -0.2) is 16.5 Å². The second-order valence-electron chi connectivity index (χ2n) is 5.64. The molecule has 0 bridgehead atoms. The summed E-state index contributed by atoms with van der Waals surface area (Å²) in [5.41, 5.74) is -0.521. The van der Waals surface area contributed by atoms with Gasteiger partial charge >= 0.3 is 0 Å². The monoisotopic (exact) mass is 188 g/mol. The van der Waals surface area contributed by atoms with Gasteiger partial charge in [-0.3, -0.25) is 0 Å². The maximum Gasteiger partial charge on any atom is 0.157 e. The number of aliphatic hydroxyl groups excluding tert-OH is 1. The summed E-state index contributed by atoms with van der Waals surface area (Å²) in [6.45, 7) is 12.3. The van der Waals surface area contributed by atoms with Crippen LogP contribution in [0, 0.1) is 16.7 Å². The molecule has 0 heterocycles. The number of rotatable bonds is 3. The summed E-state index contributed by atoms with van der Waals surface area (Å²) in [5.74, 6) is 0.478. The molecule has 0 saturated heterocycles. The first-order valence-electron chi connectivity index (χ1n) is 4.97. The molecule has 0 saturated carbocycles. The highest BCUT2D eigenvalue weighted by atomic mass is 16.5. The van der Waals surface area contributed by atoms with E-state index in [4.69, 9.17) is 0 Å². The Kier molecular flexibility index (Phi) is 3.95. The van der Waals surface area contributed by atoms with Gasteiger partial charge in [0.25, 0.3) is 0 Å². The van der Waals surface area contributed by atoms with Gasteiger partial charge in [-0.1, -0.05) is 41.5 Å². The van der Waals surface area contributed by atoms with Crippen molar-refractivity contribution in [1.82, 2.24) is 0 Å². The number of hydrogen-bond donors (Lipinski definition) is 2. The van der Waals surface area contributed by atoms with Gasteiger partial charge in [0.1, 0.15) is 0 Å². The molecule has 0 aromatic heterocycles. The van der Waals surface area contributed by atoms with E-state index in [1.165, 1.54) is 0 Å². The maximum absolute atomic E-state index is 9.41. The topological polar surface area (TPSA) is 40.5 Å². The molecule has 2 nitrogen and oxygen atoms in total. The van der Waals surface area contributed by atoms with Crippen molar-refractivity contribution in [3.05, 3.63) is 0 Å². The van der Waals surface area contributed by atoms with Gasteiger partial charge in [-0.2, -0.15) is 0 Å². The van der Waals surface area contributed by atoms with Crippen LogP contribution < -0.4 is 0 Å². The molecule has 1 atom stereocenters. The van der Waals surface area contributed by atoms with Gasteiger partial charge in [0.05, 0.1) is 0 Å². The minimum atomic E-state index is -1.24. The highest BCUT2D eigenvalue weighted by Crippen LogP contribution is 2.45. The minimum Gasteiger partial charge on any atom is -0.368 e. The quantitative estimate of drug-likeness (QED) is 0.668. The van der Waals surface area contributed by atoms with Crippen LogP contribution in [0.1, 0.15) is 48.0 Å². The van der Waals surface area contributed by atoms with Gasteiger partial charge in [-0.15, -0.1) is 0 Å². The van der Waals surface area contributed by atoms with E-state index in [2.05, 4.69) is 34.6 Å². The standard InChI is InChI=1S/C11H24O2/c1-8(2)7-11(6,9(12)13)10(3,4)5/h8-9,12-13H,7H2,1-6H3. The molecule has 2 heteroatoms. The van der Waals surface area contributed by atoms with E-state index < -0.39 is 11.7 Å². The largest absolute Gasteiger partial charge is 0.368 e. The SMILES string of the molecule is CC(C)CC(C)(C(O)O)C(C)(C)C. The molecule has 0 aromatic carbocycles. The third-order valence-electron chi connectivity index (χ3n) is 3.12. The van der Waals surface area contributed by atoms with Crippen LogP contribution >= 0.6 is 0 Å². The molecule has 0 rings (SSSR count). The smallest absolute Gasteiger partial charge is 0.157 e. The zero-order chi connectivity index (χ0) is 10.9. The lowest BCUT2D eigenvalue weighted by molar-refractivity contribution is -0.176. The van der Waals surface area contributed by atoms with Gasteiger partial charge in [0, 0.05) is 5.41 Å². The molecule has 0 amide bonds. The molecule has 0 aliphatic heterocycles. The van der Waals surface area contributed by atoms with Crippen molar-refractivity contribution in [2.45, 2.75) is 54.3 Å². The second kappa shape index (κ2) is 3.97. The molecule has 0 radical (unpaired) electrons. The fourth-order valence-electron chi connectivity index (χ4n) is 1.65. The highest BCUT2D eigenvalue weighted by molar-refractivity contribution is 4.88. The van der Waals surface area contributed by atoms with Crippen LogP contribution in [0.15, 0.2) is 0 Å². The van der Waals surface area contributed by atoms with Crippen molar-refractivity contribution in [3.8, 4) is 0 Å². The average molecular weight is 188 g/mol. The van der Waals surface area contributed by atoms with Crippen molar-refractivity contribution < 1.29 is 10.2 Å². The van der Waals surface area contributed by atoms with Crippen LogP contribution in [0.5, 0.6) is 0 Å². The molecule has 0 spiro atoms. The lowest BCUT2D eigenvalue weighted by Gasteiger charge is -2.44. The second-order valence-corrected chi connectivity index (χ2v) is 5.64. The predicted molar refractivity (Wildman–Crippen MR) is 55.2 cm³/mol. The summed E-state index contributed by atoms with van der Waals surface area (Å²) < 4.78 is 0. The van der Waals surface area contributed by atoms with Crippen LogP contribution in [0.25, 0.3) is 0 Å². The minimum absolute atomic E-state index is 0.0918. The first-order chi connectivity index (χ1) is 5.61. The zero-order valence-corrected chi connectivity index (χ0v) is 9.76. The Hall–Kier alpha value is -0.0800. The first kappa shape index (κ1) is 12.9. The maximum atomic E-state index is 9.41. The molecule has 0 aliphatic rings. The lowest BCUT2D eigenvalue weighted by Crippen LogP contribution is -2.44. The Morgan fingerprint density at radius 1 is 1.00 bits per heavy atom. The van der Waals surface area contributed by atoms with Gasteiger partial charge in [0.15, 0.2) is 6.29 Å². The summed E-state index contributed by atoms with van der Waals surface area (Å²) >= 11 is 0. The van der Waals surface area contributed by atoms with Crippen LogP contribution in [0.3, 0.4) is 0 Å². The van der Waals surface area contributed by atoms with Crippen molar-refractivity contribution in [2.75, 3.05) is 0 Å². The third kappa shape index (κ3) is 2.96. The van der Waals surface area contributed by atoms with Crippen molar-refractivity contribution in [2.24, 2.45) is 16.7 Å². The Bertz CT molecular complexity index is 156. The van der Waals surface area contributed by atoms with Crippen LogP contribution in [-0.2, 0) is 0 Å². The van der Waals surface area contributed by atoms with E-state index in [-0.39, 0.29) is 5.41 Å². The summed E-state index contributed by atoms with van der Waals surface area (Å²) in [6.07, 6.45) is -0.413. The molecule has 13 heavy (non-hydrogen) atoms. The van der Waals surface area contributed by atoms with Gasteiger partial charge in [0.2, 0.25) is 0 Å². The van der Waals surface area contributed by atoms with Gasteiger partial charge in [-0.05, 0) is 17.8 Å². The van der Waals surface area contributed by atoms with Crippen molar-refractivity contribution >= 4 is 0 Å². The third-order valence-corrected chi connectivity index (χ3v) is 3.12. The summed E-state index contributed by atoms with van der Waals surface area (Å²) in [5, 5.41) is 18.8.